The molecule has 2 aromatic heterocycles. The van der Waals surface area contributed by atoms with Crippen molar-refractivity contribution >= 4 is 40.0 Å². The van der Waals surface area contributed by atoms with E-state index >= 15 is 0 Å². The monoisotopic (exact) mass is 455 g/mol. The first kappa shape index (κ1) is 22.5. The summed E-state index contributed by atoms with van der Waals surface area (Å²) in [7, 11) is 0. The van der Waals surface area contributed by atoms with Gasteiger partial charge in [0, 0.05) is 17.9 Å². The van der Waals surface area contributed by atoms with Crippen LogP contribution in [0, 0.1) is 25.2 Å². The van der Waals surface area contributed by atoms with Crippen molar-refractivity contribution in [3.05, 3.63) is 52.2 Å². The first-order chi connectivity index (χ1) is 15.0. The normalized spacial score (nSPS) is 10.5. The first-order valence-electron chi connectivity index (χ1n) is 9.57. The van der Waals surface area contributed by atoms with Gasteiger partial charge in [-0.15, -0.1) is 21.5 Å². The molecule has 1 aromatic carbocycles. The van der Waals surface area contributed by atoms with E-state index in [1.807, 2.05) is 41.8 Å². The van der Waals surface area contributed by atoms with Crippen LogP contribution in [0.15, 0.2) is 35.5 Å². The number of hydrogen-bond donors (Lipinski definition) is 1. The number of rotatable bonds is 8. The Morgan fingerprint density at radius 1 is 1.26 bits per heavy atom. The molecule has 0 spiro atoms. The molecule has 1 amide bonds. The van der Waals surface area contributed by atoms with Crippen LogP contribution in [0.1, 0.15) is 40.0 Å². The predicted octanol–water partition coefficient (Wildman–Crippen LogP) is 4.11. The molecule has 0 fully saturated rings. The minimum atomic E-state index is -0.492. The van der Waals surface area contributed by atoms with Crippen LogP contribution in [0.5, 0.6) is 0 Å². The summed E-state index contributed by atoms with van der Waals surface area (Å²) in [5, 5.41) is 21.6. The van der Waals surface area contributed by atoms with Crippen molar-refractivity contribution in [1.82, 2.24) is 14.8 Å². The van der Waals surface area contributed by atoms with E-state index < -0.39 is 5.97 Å². The van der Waals surface area contributed by atoms with Gasteiger partial charge in [-0.1, -0.05) is 30.0 Å². The van der Waals surface area contributed by atoms with Gasteiger partial charge in [0.25, 0.3) is 0 Å². The number of nitrogens with zero attached hydrogens (tertiary/aromatic N) is 4. The standard InChI is InChI=1S/C21H21N5O3S2/c1-4-29-20(28)18-13(2)16(12-22)19(31-18)23-17(27)10-11-30-21-25-24-14(3)26(21)15-8-6-5-7-9-15/h5-9H,4,10-11H2,1-3H3,(H,23,27). The maximum absolute atomic E-state index is 12.5. The molecule has 3 aromatic rings. The number of anilines is 1. The van der Waals surface area contributed by atoms with Crippen LogP contribution in [-0.2, 0) is 9.53 Å². The quantitative estimate of drug-likeness (QED) is 0.402. The van der Waals surface area contributed by atoms with Crippen molar-refractivity contribution in [1.29, 1.82) is 5.26 Å². The zero-order valence-electron chi connectivity index (χ0n) is 17.3. The van der Waals surface area contributed by atoms with Gasteiger partial charge in [-0.2, -0.15) is 5.26 Å². The maximum Gasteiger partial charge on any atom is 0.348 e. The van der Waals surface area contributed by atoms with Crippen LogP contribution in [0.2, 0.25) is 0 Å². The van der Waals surface area contributed by atoms with Gasteiger partial charge in [0.05, 0.1) is 12.2 Å². The highest BCUT2D eigenvalue weighted by Crippen LogP contribution is 2.33. The van der Waals surface area contributed by atoms with E-state index in [2.05, 4.69) is 21.6 Å². The summed E-state index contributed by atoms with van der Waals surface area (Å²) in [4.78, 5) is 24.8. The highest BCUT2D eigenvalue weighted by Gasteiger charge is 2.22. The smallest absolute Gasteiger partial charge is 0.348 e. The Labute approximate surface area is 188 Å². The Morgan fingerprint density at radius 2 is 2.00 bits per heavy atom. The Kier molecular flexibility index (Phi) is 7.44. The molecule has 0 radical (unpaired) electrons. The molecule has 0 unspecified atom stereocenters. The van der Waals surface area contributed by atoms with E-state index in [9.17, 15) is 14.9 Å². The number of thioether (sulfide) groups is 1. The molecule has 0 aliphatic rings. The molecule has 0 saturated heterocycles. The summed E-state index contributed by atoms with van der Waals surface area (Å²) in [6, 6.07) is 11.8. The van der Waals surface area contributed by atoms with E-state index in [4.69, 9.17) is 4.74 Å². The number of hydrogen-bond acceptors (Lipinski definition) is 8. The molecule has 160 valence electrons. The summed E-state index contributed by atoms with van der Waals surface area (Å²) in [5.41, 5.74) is 1.76. The predicted molar refractivity (Wildman–Crippen MR) is 120 cm³/mol. The highest BCUT2D eigenvalue weighted by atomic mass is 32.2. The third kappa shape index (κ3) is 5.13. The number of aryl methyl sites for hydroxylation is 1. The highest BCUT2D eigenvalue weighted by molar-refractivity contribution is 7.99. The summed E-state index contributed by atoms with van der Waals surface area (Å²) in [5.74, 6) is 0.502. The van der Waals surface area contributed by atoms with Gasteiger partial charge in [0.15, 0.2) is 5.16 Å². The number of para-hydroxylation sites is 1. The second kappa shape index (κ2) is 10.2. The molecular weight excluding hydrogens is 434 g/mol. The lowest BCUT2D eigenvalue weighted by Gasteiger charge is -2.08. The van der Waals surface area contributed by atoms with E-state index in [1.54, 1.807) is 13.8 Å². The van der Waals surface area contributed by atoms with Gasteiger partial charge < -0.3 is 10.1 Å². The number of carbonyl (C=O) groups excluding carboxylic acids is 2. The van der Waals surface area contributed by atoms with E-state index in [-0.39, 0.29) is 24.5 Å². The number of carbonyl (C=O) groups is 2. The number of amides is 1. The van der Waals surface area contributed by atoms with E-state index in [1.165, 1.54) is 11.8 Å². The van der Waals surface area contributed by atoms with Crippen LogP contribution >= 0.6 is 23.1 Å². The van der Waals surface area contributed by atoms with Crippen molar-refractivity contribution in [3.63, 3.8) is 0 Å². The zero-order chi connectivity index (χ0) is 22.4. The average Bonchev–Trinajstić information content (AvgIpc) is 3.28. The zero-order valence-corrected chi connectivity index (χ0v) is 19.0. The molecular formula is C21H21N5O3S2. The van der Waals surface area contributed by atoms with E-state index in [0.717, 1.165) is 22.8 Å². The third-order valence-corrected chi connectivity index (χ3v) is 6.46. The van der Waals surface area contributed by atoms with Crippen molar-refractivity contribution in [3.8, 4) is 11.8 Å². The molecule has 31 heavy (non-hydrogen) atoms. The Bertz CT molecular complexity index is 1130. The average molecular weight is 456 g/mol. The van der Waals surface area contributed by atoms with Gasteiger partial charge in [-0.05, 0) is 38.5 Å². The fourth-order valence-corrected chi connectivity index (χ4v) is 4.86. The van der Waals surface area contributed by atoms with Gasteiger partial charge in [0.2, 0.25) is 5.91 Å². The Hall–Kier alpha value is -3.16. The van der Waals surface area contributed by atoms with Gasteiger partial charge in [-0.3, -0.25) is 9.36 Å². The molecule has 2 heterocycles. The number of nitrogens with one attached hydrogen (secondary N) is 1. The number of thiophene rings is 1. The van der Waals surface area contributed by atoms with Gasteiger partial charge in [-0.25, -0.2) is 4.79 Å². The lowest BCUT2D eigenvalue weighted by molar-refractivity contribution is -0.115. The molecule has 10 heteroatoms. The van der Waals surface area contributed by atoms with Crippen molar-refractivity contribution in [2.24, 2.45) is 0 Å². The molecule has 0 aliphatic carbocycles. The molecule has 8 nitrogen and oxygen atoms in total. The summed E-state index contributed by atoms with van der Waals surface area (Å²) < 4.78 is 6.96. The number of esters is 1. The minimum absolute atomic E-state index is 0.210. The van der Waals surface area contributed by atoms with Crippen LogP contribution in [0.3, 0.4) is 0 Å². The molecule has 0 aliphatic heterocycles. The van der Waals surface area contributed by atoms with Gasteiger partial charge >= 0.3 is 5.97 Å². The first-order valence-corrected chi connectivity index (χ1v) is 11.4. The number of ether oxygens (including phenoxy) is 1. The van der Waals surface area contributed by atoms with Crippen LogP contribution < -0.4 is 5.32 Å². The number of aromatic nitrogens is 3. The Morgan fingerprint density at radius 3 is 2.68 bits per heavy atom. The fraction of sp³-hybridized carbons (Fsp3) is 0.286. The fourth-order valence-electron chi connectivity index (χ4n) is 2.86. The molecule has 3 rings (SSSR count). The molecule has 1 N–H and O–H groups in total. The number of nitriles is 1. The summed E-state index contributed by atoms with van der Waals surface area (Å²) >= 11 is 2.48. The second-order valence-electron chi connectivity index (χ2n) is 6.44. The maximum atomic E-state index is 12.5. The van der Waals surface area contributed by atoms with E-state index in [0.29, 0.717) is 26.4 Å². The summed E-state index contributed by atoms with van der Waals surface area (Å²) in [6.45, 7) is 5.50. The number of benzene rings is 1. The summed E-state index contributed by atoms with van der Waals surface area (Å²) in [6.07, 6.45) is 0.210. The van der Waals surface area contributed by atoms with Crippen molar-refractivity contribution in [2.75, 3.05) is 17.7 Å². The lowest BCUT2D eigenvalue weighted by Crippen LogP contribution is -2.12. The topological polar surface area (TPSA) is 110 Å². The van der Waals surface area contributed by atoms with Crippen molar-refractivity contribution < 1.29 is 14.3 Å². The lowest BCUT2D eigenvalue weighted by atomic mass is 10.2. The second-order valence-corrected chi connectivity index (χ2v) is 8.52. The van der Waals surface area contributed by atoms with Crippen LogP contribution in [-0.4, -0.2) is 39.0 Å². The molecule has 0 saturated carbocycles. The Balaban J connectivity index is 1.64. The van der Waals surface area contributed by atoms with Crippen LogP contribution in [0.25, 0.3) is 5.69 Å². The van der Waals surface area contributed by atoms with Crippen LogP contribution in [0.4, 0.5) is 5.00 Å². The molecule has 0 atom stereocenters. The van der Waals surface area contributed by atoms with Gasteiger partial charge in [0.1, 0.15) is 21.8 Å². The molecule has 0 bridgehead atoms. The minimum Gasteiger partial charge on any atom is -0.462 e. The third-order valence-electron chi connectivity index (χ3n) is 4.34. The SMILES string of the molecule is CCOC(=O)c1sc(NC(=O)CCSc2nnc(C)n2-c2ccccc2)c(C#N)c1C. The largest absolute Gasteiger partial charge is 0.462 e. The van der Waals surface area contributed by atoms with Crippen molar-refractivity contribution in [2.45, 2.75) is 32.3 Å².